The number of rotatable bonds is 8. The third-order valence-corrected chi connectivity index (χ3v) is 5.30. The molecule has 0 saturated heterocycles. The molecule has 0 N–H and O–H groups in total. The zero-order valence-electron chi connectivity index (χ0n) is 12.0. The number of alkyl halides is 1. The third kappa shape index (κ3) is 5.14. The molecule has 1 aromatic carbocycles. The summed E-state index contributed by atoms with van der Waals surface area (Å²) in [6, 6.07) is 10.8. The molecular weight excluding hydrogens is 284 g/mol. The van der Waals surface area contributed by atoms with Gasteiger partial charge in [0.05, 0.1) is 0 Å². The molecule has 0 amide bonds. The fraction of sp³-hybridized carbons (Fsp3) is 0.647. The van der Waals surface area contributed by atoms with Crippen LogP contribution in [0.5, 0.6) is 0 Å². The largest absolute Gasteiger partial charge is 0.0836 e. The van der Waals surface area contributed by atoms with Gasteiger partial charge in [-0.1, -0.05) is 92.7 Å². The quantitative estimate of drug-likeness (QED) is 0.490. The number of hydrogen-bond acceptors (Lipinski definition) is 0. The Morgan fingerprint density at radius 1 is 1.11 bits per heavy atom. The van der Waals surface area contributed by atoms with Crippen molar-refractivity contribution in [2.24, 2.45) is 11.8 Å². The Bertz CT molecular complexity index is 307. The van der Waals surface area contributed by atoms with Gasteiger partial charge in [-0.3, -0.25) is 0 Å². The summed E-state index contributed by atoms with van der Waals surface area (Å²) in [4.78, 5) is 0.495. The lowest BCUT2D eigenvalue weighted by Gasteiger charge is -2.24. The topological polar surface area (TPSA) is 0 Å². The summed E-state index contributed by atoms with van der Waals surface area (Å²) in [5.74, 6) is 1.60. The Labute approximate surface area is 121 Å². The van der Waals surface area contributed by atoms with E-state index in [-0.39, 0.29) is 0 Å². The van der Waals surface area contributed by atoms with Crippen molar-refractivity contribution in [3.63, 3.8) is 0 Å². The SMILES string of the molecule is CCCCC(CC)CC(C)C(Br)c1ccccc1. The molecule has 102 valence electrons. The van der Waals surface area contributed by atoms with E-state index in [4.69, 9.17) is 0 Å². The molecule has 0 saturated carbocycles. The number of benzene rings is 1. The molecule has 0 fully saturated rings. The first-order valence-electron chi connectivity index (χ1n) is 7.38. The van der Waals surface area contributed by atoms with E-state index < -0.39 is 0 Å². The van der Waals surface area contributed by atoms with Crippen molar-refractivity contribution in [1.29, 1.82) is 0 Å². The lowest BCUT2D eigenvalue weighted by Crippen LogP contribution is -2.10. The Morgan fingerprint density at radius 3 is 2.33 bits per heavy atom. The second-order valence-corrected chi connectivity index (χ2v) is 6.43. The highest BCUT2D eigenvalue weighted by Crippen LogP contribution is 2.36. The molecular formula is C17H27Br. The zero-order valence-corrected chi connectivity index (χ0v) is 13.6. The van der Waals surface area contributed by atoms with Gasteiger partial charge in [-0.2, -0.15) is 0 Å². The Kier molecular flexibility index (Phi) is 7.65. The molecule has 3 atom stereocenters. The van der Waals surface area contributed by atoms with E-state index in [1.54, 1.807) is 0 Å². The second kappa shape index (κ2) is 8.74. The fourth-order valence-electron chi connectivity index (χ4n) is 2.59. The lowest BCUT2D eigenvalue weighted by atomic mass is 9.86. The number of hydrogen-bond donors (Lipinski definition) is 0. The molecule has 0 nitrogen and oxygen atoms in total. The van der Waals surface area contributed by atoms with Crippen LogP contribution in [0.3, 0.4) is 0 Å². The van der Waals surface area contributed by atoms with Gasteiger partial charge in [0.25, 0.3) is 0 Å². The van der Waals surface area contributed by atoms with E-state index in [9.17, 15) is 0 Å². The van der Waals surface area contributed by atoms with Crippen LogP contribution in [0.1, 0.15) is 63.3 Å². The van der Waals surface area contributed by atoms with Crippen LogP contribution in [0.4, 0.5) is 0 Å². The van der Waals surface area contributed by atoms with E-state index in [0.29, 0.717) is 10.7 Å². The third-order valence-electron chi connectivity index (χ3n) is 3.87. The molecule has 1 heteroatoms. The molecule has 0 heterocycles. The van der Waals surface area contributed by atoms with Crippen LogP contribution < -0.4 is 0 Å². The second-order valence-electron chi connectivity index (χ2n) is 5.44. The van der Waals surface area contributed by atoms with Crippen LogP contribution in [0, 0.1) is 11.8 Å². The zero-order chi connectivity index (χ0) is 13.4. The smallest absolute Gasteiger partial charge is 0.0420 e. The van der Waals surface area contributed by atoms with Crippen LogP contribution in [0.15, 0.2) is 30.3 Å². The van der Waals surface area contributed by atoms with Gasteiger partial charge < -0.3 is 0 Å². The van der Waals surface area contributed by atoms with Gasteiger partial charge >= 0.3 is 0 Å². The molecule has 0 aliphatic heterocycles. The van der Waals surface area contributed by atoms with Gasteiger partial charge in [0.2, 0.25) is 0 Å². The van der Waals surface area contributed by atoms with E-state index >= 15 is 0 Å². The van der Waals surface area contributed by atoms with Crippen LogP contribution in [-0.4, -0.2) is 0 Å². The maximum absolute atomic E-state index is 3.88. The van der Waals surface area contributed by atoms with Crippen LogP contribution >= 0.6 is 15.9 Å². The lowest BCUT2D eigenvalue weighted by molar-refractivity contribution is 0.349. The summed E-state index contributed by atoms with van der Waals surface area (Å²) < 4.78 is 0. The van der Waals surface area contributed by atoms with Gasteiger partial charge in [-0.05, 0) is 23.8 Å². The molecule has 0 radical (unpaired) electrons. The highest BCUT2D eigenvalue weighted by atomic mass is 79.9. The molecule has 0 aromatic heterocycles. The van der Waals surface area contributed by atoms with E-state index in [1.807, 2.05) is 0 Å². The maximum atomic E-state index is 3.88. The maximum Gasteiger partial charge on any atom is 0.0420 e. The fourth-order valence-corrected chi connectivity index (χ4v) is 3.11. The highest BCUT2D eigenvalue weighted by Gasteiger charge is 2.19. The minimum absolute atomic E-state index is 0.495. The molecule has 3 unspecified atom stereocenters. The van der Waals surface area contributed by atoms with Crippen molar-refractivity contribution in [3.8, 4) is 0 Å². The van der Waals surface area contributed by atoms with E-state index in [2.05, 4.69) is 67.0 Å². The van der Waals surface area contributed by atoms with Gasteiger partial charge in [0.1, 0.15) is 0 Å². The summed E-state index contributed by atoms with van der Waals surface area (Å²) >= 11 is 3.88. The van der Waals surface area contributed by atoms with E-state index in [0.717, 1.165) is 5.92 Å². The predicted molar refractivity (Wildman–Crippen MR) is 85.2 cm³/mol. The highest BCUT2D eigenvalue weighted by molar-refractivity contribution is 9.09. The Hall–Kier alpha value is -0.300. The monoisotopic (exact) mass is 310 g/mol. The molecule has 0 spiro atoms. The summed E-state index contributed by atoms with van der Waals surface area (Å²) in [7, 11) is 0. The van der Waals surface area contributed by atoms with Crippen molar-refractivity contribution in [1.82, 2.24) is 0 Å². The van der Waals surface area contributed by atoms with Crippen molar-refractivity contribution < 1.29 is 0 Å². The van der Waals surface area contributed by atoms with Crippen LogP contribution in [-0.2, 0) is 0 Å². The van der Waals surface area contributed by atoms with E-state index in [1.165, 1.54) is 37.7 Å². The normalized spacial score (nSPS) is 16.2. The average Bonchev–Trinajstić information content (AvgIpc) is 2.43. The van der Waals surface area contributed by atoms with Gasteiger partial charge in [0.15, 0.2) is 0 Å². The first-order chi connectivity index (χ1) is 8.69. The molecule has 0 aliphatic rings. The Balaban J connectivity index is 2.50. The predicted octanol–water partition coefficient (Wildman–Crippen LogP) is 6.37. The molecule has 1 aromatic rings. The van der Waals surface area contributed by atoms with Crippen LogP contribution in [0.25, 0.3) is 0 Å². The van der Waals surface area contributed by atoms with Crippen molar-refractivity contribution >= 4 is 15.9 Å². The van der Waals surface area contributed by atoms with Crippen LogP contribution in [0.2, 0.25) is 0 Å². The standard InChI is InChI=1S/C17H27Br/c1-4-6-10-15(5-2)13-14(3)17(18)16-11-8-7-9-12-16/h7-9,11-12,14-15,17H,4-6,10,13H2,1-3H3. The first kappa shape index (κ1) is 15.8. The summed E-state index contributed by atoms with van der Waals surface area (Å²) in [6.07, 6.45) is 6.75. The number of halogens is 1. The van der Waals surface area contributed by atoms with Gasteiger partial charge in [-0.25, -0.2) is 0 Å². The van der Waals surface area contributed by atoms with Crippen molar-refractivity contribution in [2.75, 3.05) is 0 Å². The summed E-state index contributed by atoms with van der Waals surface area (Å²) in [6.45, 7) is 6.99. The summed E-state index contributed by atoms with van der Waals surface area (Å²) in [5.41, 5.74) is 1.41. The minimum atomic E-state index is 0.495. The first-order valence-corrected chi connectivity index (χ1v) is 8.29. The molecule has 18 heavy (non-hydrogen) atoms. The summed E-state index contributed by atoms with van der Waals surface area (Å²) in [5, 5.41) is 0. The molecule has 0 bridgehead atoms. The van der Waals surface area contributed by atoms with Gasteiger partial charge in [0, 0.05) is 4.83 Å². The molecule has 1 rings (SSSR count). The number of unbranched alkanes of at least 4 members (excludes halogenated alkanes) is 1. The average molecular weight is 311 g/mol. The van der Waals surface area contributed by atoms with Gasteiger partial charge in [-0.15, -0.1) is 0 Å². The molecule has 0 aliphatic carbocycles. The Morgan fingerprint density at radius 2 is 1.78 bits per heavy atom. The van der Waals surface area contributed by atoms with Crippen molar-refractivity contribution in [2.45, 2.75) is 57.7 Å². The van der Waals surface area contributed by atoms with Crippen molar-refractivity contribution in [3.05, 3.63) is 35.9 Å². The minimum Gasteiger partial charge on any atom is -0.0836 e.